The maximum Gasteiger partial charge on any atom is 0.276 e. The van der Waals surface area contributed by atoms with Crippen molar-refractivity contribution in [3.05, 3.63) is 17.5 Å². The zero-order valence-corrected chi connectivity index (χ0v) is 13.7. The lowest BCUT2D eigenvalue weighted by molar-refractivity contribution is -0.166. The molecule has 0 bridgehead atoms. The number of carbonyl (C=O) groups excluding carboxylic acids is 2. The fraction of sp³-hybridized carbons (Fsp3) is 0.688. The highest BCUT2D eigenvalue weighted by atomic mass is 16.5. The van der Waals surface area contributed by atoms with Crippen molar-refractivity contribution in [2.75, 3.05) is 33.3 Å². The summed E-state index contributed by atoms with van der Waals surface area (Å²) in [6.07, 6.45) is 3.22. The summed E-state index contributed by atoms with van der Waals surface area (Å²) in [4.78, 5) is 28.7. The van der Waals surface area contributed by atoms with Crippen molar-refractivity contribution in [2.24, 2.45) is 0 Å². The SMILES string of the molecule is CCc1cc(C(=O)N2CCOC3(CCCCN(C)C3=O)C2)no1. The average molecular weight is 321 g/mol. The van der Waals surface area contributed by atoms with Crippen LogP contribution in [0, 0.1) is 0 Å². The van der Waals surface area contributed by atoms with Gasteiger partial charge in [-0.3, -0.25) is 9.59 Å². The van der Waals surface area contributed by atoms with Crippen molar-refractivity contribution in [3.8, 4) is 0 Å². The smallest absolute Gasteiger partial charge is 0.276 e. The lowest BCUT2D eigenvalue weighted by Crippen LogP contribution is -2.60. The van der Waals surface area contributed by atoms with E-state index in [0.717, 1.165) is 19.4 Å². The van der Waals surface area contributed by atoms with Gasteiger partial charge in [0.1, 0.15) is 5.76 Å². The van der Waals surface area contributed by atoms with E-state index in [-0.39, 0.29) is 18.4 Å². The van der Waals surface area contributed by atoms with E-state index in [1.165, 1.54) is 0 Å². The van der Waals surface area contributed by atoms with E-state index in [2.05, 4.69) is 5.16 Å². The predicted molar refractivity (Wildman–Crippen MR) is 82.0 cm³/mol. The van der Waals surface area contributed by atoms with Gasteiger partial charge in [0, 0.05) is 32.6 Å². The first-order valence-electron chi connectivity index (χ1n) is 8.20. The summed E-state index contributed by atoms with van der Waals surface area (Å²) in [5, 5.41) is 3.85. The van der Waals surface area contributed by atoms with Crippen LogP contribution in [0.2, 0.25) is 0 Å². The monoisotopic (exact) mass is 321 g/mol. The molecular weight excluding hydrogens is 298 g/mol. The van der Waals surface area contributed by atoms with Crippen LogP contribution < -0.4 is 0 Å². The zero-order valence-electron chi connectivity index (χ0n) is 13.7. The fourth-order valence-electron chi connectivity index (χ4n) is 3.30. The Kier molecular flexibility index (Phi) is 4.39. The second-order valence-corrected chi connectivity index (χ2v) is 6.29. The third-order valence-electron chi connectivity index (χ3n) is 4.66. The number of hydrogen-bond donors (Lipinski definition) is 0. The quantitative estimate of drug-likeness (QED) is 0.815. The lowest BCUT2D eigenvalue weighted by Gasteiger charge is -2.41. The van der Waals surface area contributed by atoms with Crippen molar-refractivity contribution >= 4 is 11.8 Å². The van der Waals surface area contributed by atoms with Gasteiger partial charge in [-0.1, -0.05) is 12.1 Å². The van der Waals surface area contributed by atoms with E-state index in [1.807, 2.05) is 6.92 Å². The van der Waals surface area contributed by atoms with Crippen LogP contribution in [0.5, 0.6) is 0 Å². The number of ether oxygens (including phenoxy) is 1. The molecule has 0 aromatic carbocycles. The topological polar surface area (TPSA) is 75.9 Å². The highest BCUT2D eigenvalue weighted by molar-refractivity contribution is 5.93. The van der Waals surface area contributed by atoms with Crippen molar-refractivity contribution in [3.63, 3.8) is 0 Å². The zero-order chi connectivity index (χ0) is 16.4. The normalized spacial score (nSPS) is 25.7. The molecule has 0 aliphatic carbocycles. The first-order valence-corrected chi connectivity index (χ1v) is 8.20. The third kappa shape index (κ3) is 2.97. The molecule has 1 aromatic heterocycles. The average Bonchev–Trinajstić information content (AvgIpc) is 3.02. The Bertz CT molecular complexity index is 600. The largest absolute Gasteiger partial charge is 0.361 e. The predicted octanol–water partition coefficient (Wildman–Crippen LogP) is 1.09. The van der Waals surface area contributed by atoms with Gasteiger partial charge in [0.25, 0.3) is 11.8 Å². The number of rotatable bonds is 2. The molecule has 1 aromatic rings. The van der Waals surface area contributed by atoms with Crippen molar-refractivity contribution in [1.29, 1.82) is 0 Å². The maximum atomic E-state index is 12.7. The van der Waals surface area contributed by atoms with Gasteiger partial charge >= 0.3 is 0 Å². The molecule has 2 fully saturated rings. The van der Waals surface area contributed by atoms with Gasteiger partial charge in [-0.05, 0) is 19.3 Å². The number of nitrogens with zero attached hydrogens (tertiary/aromatic N) is 3. The number of morpholine rings is 1. The summed E-state index contributed by atoms with van der Waals surface area (Å²) in [6, 6.07) is 1.67. The molecule has 7 heteroatoms. The fourth-order valence-corrected chi connectivity index (χ4v) is 3.30. The Labute approximate surface area is 135 Å². The molecule has 2 aliphatic heterocycles. The van der Waals surface area contributed by atoms with Gasteiger partial charge in [0.05, 0.1) is 13.2 Å². The molecule has 0 N–H and O–H groups in total. The molecule has 0 saturated carbocycles. The molecule has 23 heavy (non-hydrogen) atoms. The van der Waals surface area contributed by atoms with E-state index in [0.29, 0.717) is 37.4 Å². The van der Waals surface area contributed by atoms with Crippen molar-refractivity contribution in [1.82, 2.24) is 15.0 Å². The third-order valence-corrected chi connectivity index (χ3v) is 4.66. The van der Waals surface area contributed by atoms with Crippen molar-refractivity contribution in [2.45, 2.75) is 38.2 Å². The summed E-state index contributed by atoms with van der Waals surface area (Å²) in [6.45, 7) is 3.79. The first-order chi connectivity index (χ1) is 11.1. The van der Waals surface area contributed by atoms with Gasteiger partial charge in [0.2, 0.25) is 0 Å². The summed E-state index contributed by atoms with van der Waals surface area (Å²) in [5.41, 5.74) is -0.607. The molecule has 3 heterocycles. The second-order valence-electron chi connectivity index (χ2n) is 6.29. The Balaban J connectivity index is 1.79. The highest BCUT2D eigenvalue weighted by Gasteiger charge is 2.47. The highest BCUT2D eigenvalue weighted by Crippen LogP contribution is 2.30. The lowest BCUT2D eigenvalue weighted by atomic mass is 9.94. The minimum Gasteiger partial charge on any atom is -0.361 e. The van der Waals surface area contributed by atoms with Crippen LogP contribution in [0.1, 0.15) is 42.4 Å². The molecule has 2 aliphatic rings. The number of carbonyl (C=O) groups is 2. The number of aryl methyl sites for hydroxylation is 1. The van der Waals surface area contributed by atoms with Crippen LogP contribution in [0.15, 0.2) is 10.6 Å². The molecule has 2 amide bonds. The standard InChI is InChI=1S/C16H23N3O4/c1-3-12-10-13(17-23-12)14(20)19-8-9-22-16(11-19)6-4-5-7-18(2)15(16)21/h10H,3-9,11H2,1-2H3. The number of likely N-dealkylation sites (tertiary alicyclic amines) is 1. The Hall–Kier alpha value is -1.89. The molecule has 1 spiro atoms. The molecule has 2 saturated heterocycles. The molecule has 3 rings (SSSR count). The van der Waals surface area contributed by atoms with Crippen LogP contribution in [0.4, 0.5) is 0 Å². The van der Waals surface area contributed by atoms with Crippen LogP contribution in [0.3, 0.4) is 0 Å². The molecular formula is C16H23N3O4. The van der Waals surface area contributed by atoms with Crippen LogP contribution in [-0.2, 0) is 16.0 Å². The van der Waals surface area contributed by atoms with E-state index in [4.69, 9.17) is 9.26 Å². The summed E-state index contributed by atoms with van der Waals surface area (Å²) >= 11 is 0. The number of aromatic nitrogens is 1. The van der Waals surface area contributed by atoms with Crippen LogP contribution >= 0.6 is 0 Å². The molecule has 1 unspecified atom stereocenters. The first kappa shape index (κ1) is 16.0. The van der Waals surface area contributed by atoms with E-state index in [9.17, 15) is 9.59 Å². The second kappa shape index (κ2) is 6.31. The minimum atomic E-state index is -0.906. The number of hydrogen-bond acceptors (Lipinski definition) is 5. The molecule has 1 atom stereocenters. The molecule has 0 radical (unpaired) electrons. The molecule has 7 nitrogen and oxygen atoms in total. The van der Waals surface area contributed by atoms with Crippen LogP contribution in [0.25, 0.3) is 0 Å². The van der Waals surface area contributed by atoms with E-state index >= 15 is 0 Å². The van der Waals surface area contributed by atoms with Crippen LogP contribution in [-0.4, -0.2) is 65.7 Å². The minimum absolute atomic E-state index is 0.0260. The Morgan fingerprint density at radius 3 is 2.96 bits per heavy atom. The summed E-state index contributed by atoms with van der Waals surface area (Å²) in [5.74, 6) is 0.458. The van der Waals surface area contributed by atoms with E-state index in [1.54, 1.807) is 22.9 Å². The Morgan fingerprint density at radius 1 is 1.39 bits per heavy atom. The van der Waals surface area contributed by atoms with Gasteiger partial charge in [-0.2, -0.15) is 0 Å². The number of likely N-dealkylation sites (N-methyl/N-ethyl adjacent to an activating group) is 1. The maximum absolute atomic E-state index is 12.7. The summed E-state index contributed by atoms with van der Waals surface area (Å²) in [7, 11) is 1.80. The summed E-state index contributed by atoms with van der Waals surface area (Å²) < 4.78 is 11.0. The Morgan fingerprint density at radius 2 is 2.22 bits per heavy atom. The van der Waals surface area contributed by atoms with Crippen molar-refractivity contribution < 1.29 is 18.8 Å². The van der Waals surface area contributed by atoms with Gasteiger partial charge in [0.15, 0.2) is 11.3 Å². The van der Waals surface area contributed by atoms with Gasteiger partial charge < -0.3 is 19.1 Å². The molecule has 126 valence electrons. The van der Waals surface area contributed by atoms with Gasteiger partial charge in [-0.25, -0.2) is 0 Å². The number of amides is 2. The van der Waals surface area contributed by atoms with Gasteiger partial charge in [-0.15, -0.1) is 0 Å². The van der Waals surface area contributed by atoms with E-state index < -0.39 is 5.60 Å².